The summed E-state index contributed by atoms with van der Waals surface area (Å²) in [5, 5.41) is 0. The molecule has 0 heterocycles. The second-order valence-corrected chi connectivity index (χ2v) is 4.49. The van der Waals surface area contributed by atoms with E-state index in [0.717, 1.165) is 5.56 Å². The quantitative estimate of drug-likeness (QED) is 0.614. The zero-order chi connectivity index (χ0) is 14.5. The minimum atomic E-state index is -0.135. The molecule has 1 aliphatic rings. The predicted octanol–water partition coefficient (Wildman–Crippen LogP) is 3.67. The summed E-state index contributed by atoms with van der Waals surface area (Å²) in [5.74, 6) is -0.256. The fraction of sp³-hybridized carbons (Fsp3) is 0.111. The van der Waals surface area contributed by atoms with Gasteiger partial charge in [0.1, 0.15) is 0 Å². The van der Waals surface area contributed by atoms with Crippen molar-refractivity contribution in [2.75, 3.05) is 0 Å². The molecule has 2 nitrogen and oxygen atoms in total. The van der Waals surface area contributed by atoms with Gasteiger partial charge in [-0.05, 0) is 18.1 Å². The zero-order valence-corrected chi connectivity index (χ0v) is 11.4. The number of benzene rings is 1. The summed E-state index contributed by atoms with van der Waals surface area (Å²) >= 11 is 0. The number of Topliss-reactive ketones (excluding diaryl/α,β-unsaturated/α-hetero) is 2. The number of hydrogen-bond acceptors (Lipinski definition) is 2. The Labute approximate surface area is 118 Å². The third kappa shape index (κ3) is 2.59. The fourth-order valence-corrected chi connectivity index (χ4v) is 2.27. The van der Waals surface area contributed by atoms with Gasteiger partial charge in [-0.15, -0.1) is 0 Å². The Kier molecular flexibility index (Phi) is 4.26. The van der Waals surface area contributed by atoms with Gasteiger partial charge in [0.25, 0.3) is 0 Å². The van der Waals surface area contributed by atoms with Gasteiger partial charge in [0.05, 0.1) is 6.42 Å². The summed E-state index contributed by atoms with van der Waals surface area (Å²) in [6.45, 7) is 5.64. The van der Waals surface area contributed by atoms with Crippen LogP contribution in [0, 0.1) is 0 Å². The van der Waals surface area contributed by atoms with Gasteiger partial charge in [-0.1, -0.05) is 61.2 Å². The maximum Gasteiger partial charge on any atom is 0.171 e. The van der Waals surface area contributed by atoms with Gasteiger partial charge in [-0.3, -0.25) is 9.59 Å². The predicted molar refractivity (Wildman–Crippen MR) is 81.1 cm³/mol. The van der Waals surface area contributed by atoms with Gasteiger partial charge in [0.15, 0.2) is 11.6 Å². The molecule has 0 bridgehead atoms. The van der Waals surface area contributed by atoms with E-state index in [-0.39, 0.29) is 18.0 Å². The third-order valence-corrected chi connectivity index (χ3v) is 3.17. The Morgan fingerprint density at radius 3 is 2.45 bits per heavy atom. The maximum atomic E-state index is 12.1. The molecule has 0 aromatic heterocycles. The highest BCUT2D eigenvalue weighted by molar-refractivity contribution is 6.39. The molecule has 1 aromatic carbocycles. The number of rotatable bonds is 4. The first-order valence-corrected chi connectivity index (χ1v) is 6.51. The van der Waals surface area contributed by atoms with Crippen LogP contribution in [0.3, 0.4) is 0 Å². The van der Waals surface area contributed by atoms with Crippen LogP contribution in [-0.2, 0) is 9.59 Å². The molecule has 0 fully saturated rings. The average Bonchev–Trinajstić information content (AvgIpc) is 2.76. The molecule has 2 heteroatoms. The van der Waals surface area contributed by atoms with E-state index in [0.29, 0.717) is 16.7 Å². The van der Waals surface area contributed by atoms with Crippen molar-refractivity contribution >= 4 is 17.1 Å². The Hall–Kier alpha value is -2.48. The van der Waals surface area contributed by atoms with Crippen LogP contribution in [0.5, 0.6) is 0 Å². The van der Waals surface area contributed by atoms with Crippen LogP contribution in [-0.4, -0.2) is 11.6 Å². The Morgan fingerprint density at radius 2 is 1.85 bits per heavy atom. The lowest BCUT2D eigenvalue weighted by Crippen LogP contribution is -1.98. The Balaban J connectivity index is 2.65. The van der Waals surface area contributed by atoms with Crippen LogP contribution in [0.25, 0.3) is 5.57 Å². The normalized spacial score (nSPS) is 16.4. The monoisotopic (exact) mass is 264 g/mol. The summed E-state index contributed by atoms with van der Waals surface area (Å²) in [4.78, 5) is 24.3. The molecule has 100 valence electrons. The number of carbonyl (C=O) groups excluding carboxylic acids is 2. The molecule has 20 heavy (non-hydrogen) atoms. The summed E-state index contributed by atoms with van der Waals surface area (Å²) < 4.78 is 0. The van der Waals surface area contributed by atoms with Gasteiger partial charge in [-0.2, -0.15) is 0 Å². The average molecular weight is 264 g/mol. The van der Waals surface area contributed by atoms with Crippen LogP contribution < -0.4 is 0 Å². The molecular weight excluding hydrogens is 248 g/mol. The molecule has 2 rings (SSSR count). The number of hydrogen-bond donors (Lipinski definition) is 0. The second kappa shape index (κ2) is 6.11. The zero-order valence-electron chi connectivity index (χ0n) is 11.4. The molecule has 1 aliphatic carbocycles. The lowest BCUT2D eigenvalue weighted by Gasteiger charge is -2.06. The Bertz CT molecular complexity index is 643. The standard InChI is InChI=1S/C18H16O2/c1-3-5-9-13(4-2)17-15(19)12-16(20)18(17)14-10-7-6-8-11-14/h3-11H,2,12H2,1H3/b5-3-,13-9+. The molecule has 0 radical (unpaired) electrons. The van der Waals surface area contributed by atoms with Crippen molar-refractivity contribution in [1.82, 2.24) is 0 Å². The third-order valence-electron chi connectivity index (χ3n) is 3.17. The highest BCUT2D eigenvalue weighted by Gasteiger charge is 2.32. The van der Waals surface area contributed by atoms with Gasteiger partial charge >= 0.3 is 0 Å². The molecular formula is C18H16O2. The molecule has 0 N–H and O–H groups in total. The van der Waals surface area contributed by atoms with Crippen molar-refractivity contribution in [3.8, 4) is 0 Å². The second-order valence-electron chi connectivity index (χ2n) is 4.49. The molecule has 0 aliphatic heterocycles. The summed E-state index contributed by atoms with van der Waals surface area (Å²) in [6, 6.07) is 9.30. The molecule has 0 amide bonds. The number of ketones is 2. The van der Waals surface area contributed by atoms with E-state index >= 15 is 0 Å². The van der Waals surface area contributed by atoms with Crippen molar-refractivity contribution in [2.45, 2.75) is 13.3 Å². The van der Waals surface area contributed by atoms with E-state index < -0.39 is 0 Å². The first-order chi connectivity index (χ1) is 9.69. The fourth-order valence-electron chi connectivity index (χ4n) is 2.27. The first kappa shape index (κ1) is 13.9. The summed E-state index contributed by atoms with van der Waals surface area (Å²) in [6.07, 6.45) is 7.08. The minimum Gasteiger partial charge on any atom is -0.294 e. The number of allylic oxidation sites excluding steroid dienone is 7. The first-order valence-electron chi connectivity index (χ1n) is 6.51. The highest BCUT2D eigenvalue weighted by atomic mass is 16.2. The van der Waals surface area contributed by atoms with E-state index in [9.17, 15) is 9.59 Å². The highest BCUT2D eigenvalue weighted by Crippen LogP contribution is 2.33. The van der Waals surface area contributed by atoms with Crippen molar-refractivity contribution in [1.29, 1.82) is 0 Å². The van der Waals surface area contributed by atoms with Gasteiger partial charge in [0, 0.05) is 11.1 Å². The van der Waals surface area contributed by atoms with Crippen molar-refractivity contribution in [3.63, 3.8) is 0 Å². The largest absolute Gasteiger partial charge is 0.294 e. The van der Waals surface area contributed by atoms with Gasteiger partial charge in [-0.25, -0.2) is 0 Å². The lowest BCUT2D eigenvalue weighted by atomic mass is 9.96. The minimum absolute atomic E-state index is 0.0550. The van der Waals surface area contributed by atoms with Gasteiger partial charge < -0.3 is 0 Å². The molecule has 0 unspecified atom stereocenters. The topological polar surface area (TPSA) is 34.1 Å². The SMILES string of the molecule is C=C/C(=C\C=C/C)C1=C(c2ccccc2)C(=O)CC1=O. The molecule has 0 saturated heterocycles. The van der Waals surface area contributed by atoms with Crippen molar-refractivity contribution in [2.24, 2.45) is 0 Å². The number of carbonyl (C=O) groups is 2. The van der Waals surface area contributed by atoms with E-state index in [4.69, 9.17) is 0 Å². The van der Waals surface area contributed by atoms with Crippen LogP contribution in [0.2, 0.25) is 0 Å². The van der Waals surface area contributed by atoms with Crippen LogP contribution in [0.15, 0.2) is 72.4 Å². The summed E-state index contributed by atoms with van der Waals surface area (Å²) in [7, 11) is 0. The summed E-state index contributed by atoms with van der Waals surface area (Å²) in [5.41, 5.74) is 2.46. The smallest absolute Gasteiger partial charge is 0.171 e. The molecule has 0 atom stereocenters. The lowest BCUT2D eigenvalue weighted by molar-refractivity contribution is -0.120. The molecule has 0 spiro atoms. The van der Waals surface area contributed by atoms with Crippen LogP contribution in [0.4, 0.5) is 0 Å². The van der Waals surface area contributed by atoms with E-state index in [1.165, 1.54) is 0 Å². The van der Waals surface area contributed by atoms with E-state index in [1.807, 2.05) is 55.5 Å². The van der Waals surface area contributed by atoms with E-state index in [1.54, 1.807) is 6.08 Å². The maximum absolute atomic E-state index is 12.1. The van der Waals surface area contributed by atoms with Crippen LogP contribution >= 0.6 is 0 Å². The molecule has 0 saturated carbocycles. The van der Waals surface area contributed by atoms with E-state index in [2.05, 4.69) is 6.58 Å². The Morgan fingerprint density at radius 1 is 1.15 bits per heavy atom. The van der Waals surface area contributed by atoms with Crippen LogP contribution in [0.1, 0.15) is 18.9 Å². The van der Waals surface area contributed by atoms with Crippen molar-refractivity contribution in [3.05, 3.63) is 77.9 Å². The van der Waals surface area contributed by atoms with Crippen molar-refractivity contribution < 1.29 is 9.59 Å². The molecule has 1 aromatic rings. The van der Waals surface area contributed by atoms with Gasteiger partial charge in [0.2, 0.25) is 0 Å².